The van der Waals surface area contributed by atoms with Crippen LogP contribution in [0.5, 0.6) is 0 Å². The average Bonchev–Trinajstić information content (AvgIpc) is 3.20. The Morgan fingerprint density at radius 2 is 1.96 bits per heavy atom. The normalized spacial score (nSPS) is 22.7. The Balaban J connectivity index is 1.45. The van der Waals surface area contributed by atoms with E-state index < -0.39 is 5.60 Å². The summed E-state index contributed by atoms with van der Waals surface area (Å²) in [6, 6.07) is 0. The molecule has 5 heteroatoms. The van der Waals surface area contributed by atoms with Gasteiger partial charge in [0.05, 0.1) is 6.20 Å². The number of likely N-dealkylation sites (tertiary alicyclic amines) is 1. The van der Waals surface area contributed by atoms with Crippen molar-refractivity contribution in [2.24, 2.45) is 5.92 Å². The molecule has 1 N–H and O–H groups in total. The molecular formula is C18H32N4O. The maximum absolute atomic E-state index is 10.6. The molecule has 2 aliphatic rings. The Bertz CT molecular complexity index is 473. The lowest BCUT2D eigenvalue weighted by Crippen LogP contribution is -2.35. The molecule has 130 valence electrons. The van der Waals surface area contributed by atoms with Crippen molar-refractivity contribution in [1.82, 2.24) is 19.9 Å². The minimum absolute atomic E-state index is 0.699. The zero-order chi connectivity index (χ0) is 16.1. The highest BCUT2D eigenvalue weighted by Gasteiger charge is 2.35. The number of aromatic nitrogens is 3. The third-order valence-electron chi connectivity index (χ3n) is 5.68. The maximum atomic E-state index is 10.6. The van der Waals surface area contributed by atoms with E-state index in [1.807, 2.05) is 10.9 Å². The van der Waals surface area contributed by atoms with E-state index in [1.165, 1.54) is 51.7 Å². The van der Waals surface area contributed by atoms with Crippen molar-refractivity contribution in [2.75, 3.05) is 19.6 Å². The molecular weight excluding hydrogens is 288 g/mol. The lowest BCUT2D eigenvalue weighted by Gasteiger charge is -2.31. The van der Waals surface area contributed by atoms with E-state index in [4.69, 9.17) is 0 Å². The Morgan fingerprint density at radius 3 is 2.65 bits per heavy atom. The summed E-state index contributed by atoms with van der Waals surface area (Å²) >= 11 is 0. The van der Waals surface area contributed by atoms with Crippen LogP contribution in [0.3, 0.4) is 0 Å². The lowest BCUT2D eigenvalue weighted by atomic mass is 9.96. The highest BCUT2D eigenvalue weighted by Crippen LogP contribution is 2.37. The molecule has 1 aromatic heterocycles. The average molecular weight is 320 g/mol. The molecule has 0 radical (unpaired) electrons. The minimum atomic E-state index is -0.707. The van der Waals surface area contributed by atoms with Crippen LogP contribution in [0.4, 0.5) is 0 Å². The molecule has 2 heterocycles. The highest BCUT2D eigenvalue weighted by atomic mass is 16.3. The molecule has 1 saturated heterocycles. The summed E-state index contributed by atoms with van der Waals surface area (Å²) in [4.78, 5) is 2.61. The highest BCUT2D eigenvalue weighted by molar-refractivity contribution is 5.08. The van der Waals surface area contributed by atoms with Crippen molar-refractivity contribution < 1.29 is 5.11 Å². The molecule has 3 rings (SSSR count). The summed E-state index contributed by atoms with van der Waals surface area (Å²) < 4.78 is 1.96. The van der Waals surface area contributed by atoms with E-state index in [2.05, 4.69) is 22.1 Å². The van der Waals surface area contributed by atoms with Crippen LogP contribution < -0.4 is 0 Å². The molecule has 0 unspecified atom stereocenters. The number of hydrogen-bond donors (Lipinski definition) is 1. The molecule has 1 saturated carbocycles. The Labute approximate surface area is 140 Å². The van der Waals surface area contributed by atoms with Crippen LogP contribution in [0.25, 0.3) is 0 Å². The van der Waals surface area contributed by atoms with Gasteiger partial charge in [0.15, 0.2) is 0 Å². The molecule has 0 bridgehead atoms. The van der Waals surface area contributed by atoms with Gasteiger partial charge in [-0.3, -0.25) is 4.68 Å². The van der Waals surface area contributed by atoms with Crippen LogP contribution in [0.15, 0.2) is 6.20 Å². The smallest absolute Gasteiger partial charge is 0.114 e. The van der Waals surface area contributed by atoms with Crippen molar-refractivity contribution in [3.63, 3.8) is 0 Å². The van der Waals surface area contributed by atoms with Crippen LogP contribution in [-0.2, 0) is 12.1 Å². The van der Waals surface area contributed by atoms with E-state index in [-0.39, 0.29) is 0 Å². The monoisotopic (exact) mass is 320 g/mol. The first-order valence-corrected chi connectivity index (χ1v) is 9.55. The van der Waals surface area contributed by atoms with Crippen molar-refractivity contribution in [3.8, 4) is 0 Å². The molecule has 5 nitrogen and oxygen atoms in total. The number of nitrogens with zero attached hydrogens (tertiary/aromatic N) is 4. The SMILES string of the molecule is CCCCCN1CCC(Cn2cc(C3(O)CCCC3)nn2)CC1. The van der Waals surface area contributed by atoms with Gasteiger partial charge in [0.25, 0.3) is 0 Å². The Morgan fingerprint density at radius 1 is 1.22 bits per heavy atom. The van der Waals surface area contributed by atoms with E-state index >= 15 is 0 Å². The van der Waals surface area contributed by atoms with Gasteiger partial charge in [-0.1, -0.05) is 37.8 Å². The van der Waals surface area contributed by atoms with Crippen molar-refractivity contribution in [1.29, 1.82) is 0 Å². The summed E-state index contributed by atoms with van der Waals surface area (Å²) in [5, 5.41) is 19.1. The second-order valence-corrected chi connectivity index (χ2v) is 7.56. The lowest BCUT2D eigenvalue weighted by molar-refractivity contribution is 0.0398. The number of piperidine rings is 1. The van der Waals surface area contributed by atoms with Gasteiger partial charge in [-0.2, -0.15) is 0 Å². The van der Waals surface area contributed by atoms with Crippen LogP contribution >= 0.6 is 0 Å². The molecule has 0 aromatic carbocycles. The maximum Gasteiger partial charge on any atom is 0.114 e. The molecule has 23 heavy (non-hydrogen) atoms. The second kappa shape index (κ2) is 7.75. The third-order valence-corrected chi connectivity index (χ3v) is 5.68. The van der Waals surface area contributed by atoms with Gasteiger partial charge in [-0.15, -0.1) is 5.10 Å². The van der Waals surface area contributed by atoms with Crippen molar-refractivity contribution in [3.05, 3.63) is 11.9 Å². The van der Waals surface area contributed by atoms with Crippen molar-refractivity contribution >= 4 is 0 Å². The summed E-state index contributed by atoms with van der Waals surface area (Å²) in [7, 11) is 0. The van der Waals surface area contributed by atoms with E-state index in [0.717, 1.165) is 37.9 Å². The summed E-state index contributed by atoms with van der Waals surface area (Å²) in [6.07, 6.45) is 12.4. The summed E-state index contributed by atoms with van der Waals surface area (Å²) in [6.45, 7) is 6.92. The molecule has 0 spiro atoms. The zero-order valence-electron chi connectivity index (χ0n) is 14.6. The Hall–Kier alpha value is -0.940. The predicted molar refractivity (Wildman–Crippen MR) is 91.1 cm³/mol. The summed E-state index contributed by atoms with van der Waals surface area (Å²) in [5.41, 5.74) is 0.0768. The van der Waals surface area contributed by atoms with Gasteiger partial charge < -0.3 is 10.0 Å². The van der Waals surface area contributed by atoms with E-state index in [9.17, 15) is 5.11 Å². The molecule has 0 atom stereocenters. The fourth-order valence-electron chi connectivity index (χ4n) is 4.06. The van der Waals surface area contributed by atoms with Crippen molar-refractivity contribution in [2.45, 2.75) is 76.9 Å². The standard InChI is InChI=1S/C18H32N4O/c1-2-3-6-11-21-12-7-16(8-13-21)14-22-15-17(19-20-22)18(23)9-4-5-10-18/h15-16,23H,2-14H2,1H3. The van der Waals surface area contributed by atoms with Crippen LogP contribution in [-0.4, -0.2) is 44.6 Å². The first kappa shape index (κ1) is 16.9. The second-order valence-electron chi connectivity index (χ2n) is 7.56. The van der Waals surface area contributed by atoms with E-state index in [1.54, 1.807) is 0 Å². The first-order chi connectivity index (χ1) is 11.2. The molecule has 1 aromatic rings. The third kappa shape index (κ3) is 4.32. The summed E-state index contributed by atoms with van der Waals surface area (Å²) in [5.74, 6) is 0.699. The number of unbranched alkanes of at least 4 members (excludes halogenated alkanes) is 2. The first-order valence-electron chi connectivity index (χ1n) is 9.55. The molecule has 1 aliphatic carbocycles. The van der Waals surface area contributed by atoms with Crippen LogP contribution in [0, 0.1) is 5.92 Å². The number of aliphatic hydroxyl groups is 1. The number of hydrogen-bond acceptors (Lipinski definition) is 4. The fraction of sp³-hybridized carbons (Fsp3) is 0.889. The van der Waals surface area contributed by atoms with Crippen LogP contribution in [0.2, 0.25) is 0 Å². The van der Waals surface area contributed by atoms with Gasteiger partial charge in [0.1, 0.15) is 11.3 Å². The molecule has 0 amide bonds. The number of rotatable bonds is 7. The molecule has 1 aliphatic heterocycles. The van der Waals surface area contributed by atoms with Gasteiger partial charge in [-0.25, -0.2) is 0 Å². The quantitative estimate of drug-likeness (QED) is 0.785. The van der Waals surface area contributed by atoms with E-state index in [0.29, 0.717) is 5.92 Å². The predicted octanol–water partition coefficient (Wildman–Crippen LogP) is 2.94. The fourth-order valence-corrected chi connectivity index (χ4v) is 4.06. The van der Waals surface area contributed by atoms with Crippen LogP contribution in [0.1, 0.15) is 70.4 Å². The van der Waals surface area contributed by atoms with Gasteiger partial charge in [0.2, 0.25) is 0 Å². The topological polar surface area (TPSA) is 54.2 Å². The Kier molecular flexibility index (Phi) is 5.70. The largest absolute Gasteiger partial charge is 0.383 e. The molecule has 2 fully saturated rings. The van der Waals surface area contributed by atoms with Gasteiger partial charge in [-0.05, 0) is 57.7 Å². The minimum Gasteiger partial charge on any atom is -0.383 e. The van der Waals surface area contributed by atoms with Gasteiger partial charge in [0, 0.05) is 6.54 Å². The van der Waals surface area contributed by atoms with Gasteiger partial charge >= 0.3 is 0 Å². The zero-order valence-corrected chi connectivity index (χ0v) is 14.6.